The van der Waals surface area contributed by atoms with Gasteiger partial charge in [-0.1, -0.05) is 13.8 Å². The molecule has 0 bridgehead atoms. The third-order valence-electron chi connectivity index (χ3n) is 2.77. The van der Waals surface area contributed by atoms with Crippen LogP contribution in [0.2, 0.25) is 0 Å². The zero-order valence-corrected chi connectivity index (χ0v) is 12.2. The first-order valence-corrected chi connectivity index (χ1v) is 6.42. The lowest BCUT2D eigenvalue weighted by molar-refractivity contribution is -0.118. The topological polar surface area (TPSA) is 105 Å². The Bertz CT molecular complexity index is 524. The van der Waals surface area contributed by atoms with Crippen molar-refractivity contribution in [3.63, 3.8) is 0 Å². The summed E-state index contributed by atoms with van der Waals surface area (Å²) in [5.41, 5.74) is 5.45. The van der Waals surface area contributed by atoms with E-state index in [4.69, 9.17) is 10.8 Å². The van der Waals surface area contributed by atoms with E-state index < -0.39 is 17.4 Å². The van der Waals surface area contributed by atoms with E-state index in [1.165, 1.54) is 6.07 Å². The first-order valence-electron chi connectivity index (χ1n) is 6.42. The quantitative estimate of drug-likeness (QED) is 0.738. The van der Waals surface area contributed by atoms with Crippen molar-refractivity contribution in [1.82, 2.24) is 4.98 Å². The summed E-state index contributed by atoms with van der Waals surface area (Å²) in [6, 6.07) is 3.01. The van der Waals surface area contributed by atoms with Gasteiger partial charge in [-0.2, -0.15) is 0 Å². The minimum Gasteiger partial charge on any atom is -0.478 e. The second-order valence-electron chi connectivity index (χ2n) is 5.78. The second kappa shape index (κ2) is 5.90. The van der Waals surface area contributed by atoms with Gasteiger partial charge in [0.25, 0.3) is 0 Å². The van der Waals surface area contributed by atoms with E-state index in [1.807, 2.05) is 27.7 Å². The molecule has 6 heteroatoms. The van der Waals surface area contributed by atoms with Crippen molar-refractivity contribution in [3.05, 3.63) is 23.4 Å². The number of aromatic carboxylic acids is 1. The molecule has 0 fully saturated rings. The van der Waals surface area contributed by atoms with Crippen LogP contribution in [0.15, 0.2) is 12.1 Å². The van der Waals surface area contributed by atoms with Crippen LogP contribution in [0, 0.1) is 0 Å². The van der Waals surface area contributed by atoms with Gasteiger partial charge in [0.2, 0.25) is 5.91 Å². The standard InChI is InChI=1S/C14H21N3O3/c1-8(2)10-5-9(13(19)20)6-12(16-10)17-14(3,4)7-11(15)18/h5-6,8H,7H2,1-4H3,(H2,15,18)(H,16,17)(H,19,20). The van der Waals surface area contributed by atoms with E-state index in [0.29, 0.717) is 11.5 Å². The van der Waals surface area contributed by atoms with Crippen LogP contribution < -0.4 is 11.1 Å². The summed E-state index contributed by atoms with van der Waals surface area (Å²) in [7, 11) is 0. The molecular formula is C14H21N3O3. The first kappa shape index (κ1) is 15.9. The zero-order valence-electron chi connectivity index (χ0n) is 12.2. The molecule has 1 heterocycles. The van der Waals surface area contributed by atoms with Crippen LogP contribution in [0.4, 0.5) is 5.82 Å². The number of anilines is 1. The zero-order chi connectivity index (χ0) is 15.5. The molecule has 0 spiro atoms. The van der Waals surface area contributed by atoms with Crippen molar-refractivity contribution in [2.45, 2.75) is 45.6 Å². The molecule has 0 saturated carbocycles. The Hall–Kier alpha value is -2.11. The number of carboxylic acid groups (broad SMARTS) is 1. The number of primary amides is 1. The molecule has 1 amide bonds. The highest BCUT2D eigenvalue weighted by Crippen LogP contribution is 2.21. The van der Waals surface area contributed by atoms with Gasteiger partial charge < -0.3 is 16.2 Å². The number of pyridine rings is 1. The molecule has 20 heavy (non-hydrogen) atoms. The Morgan fingerprint density at radius 2 is 2.00 bits per heavy atom. The van der Waals surface area contributed by atoms with Crippen LogP contribution in [0.1, 0.15) is 56.1 Å². The average molecular weight is 279 g/mol. The summed E-state index contributed by atoms with van der Waals surface area (Å²) >= 11 is 0. The number of nitrogens with zero attached hydrogens (tertiary/aromatic N) is 1. The number of carboxylic acids is 1. The van der Waals surface area contributed by atoms with E-state index in [0.717, 1.165) is 0 Å². The first-order chi connectivity index (χ1) is 9.10. The Labute approximate surface area is 118 Å². The second-order valence-corrected chi connectivity index (χ2v) is 5.78. The molecule has 0 aliphatic heterocycles. The largest absolute Gasteiger partial charge is 0.478 e. The number of nitrogens with two attached hydrogens (primary N) is 1. The van der Waals surface area contributed by atoms with Gasteiger partial charge in [0.15, 0.2) is 0 Å². The molecule has 0 atom stereocenters. The molecule has 1 aromatic heterocycles. The van der Waals surface area contributed by atoms with Crippen LogP contribution in [-0.4, -0.2) is 27.5 Å². The van der Waals surface area contributed by atoms with Crippen molar-refractivity contribution in [1.29, 1.82) is 0 Å². The van der Waals surface area contributed by atoms with Gasteiger partial charge in [0.1, 0.15) is 5.82 Å². The van der Waals surface area contributed by atoms with E-state index in [9.17, 15) is 9.59 Å². The van der Waals surface area contributed by atoms with Crippen molar-refractivity contribution in [3.8, 4) is 0 Å². The van der Waals surface area contributed by atoms with E-state index in [2.05, 4.69) is 10.3 Å². The molecule has 0 unspecified atom stereocenters. The molecule has 0 aromatic carbocycles. The van der Waals surface area contributed by atoms with Crippen LogP contribution in [-0.2, 0) is 4.79 Å². The van der Waals surface area contributed by atoms with Gasteiger partial charge >= 0.3 is 5.97 Å². The van der Waals surface area contributed by atoms with Crippen molar-refractivity contribution in [2.24, 2.45) is 5.73 Å². The number of rotatable bonds is 6. The number of hydrogen-bond acceptors (Lipinski definition) is 4. The third-order valence-corrected chi connectivity index (χ3v) is 2.77. The maximum atomic E-state index is 11.1. The van der Waals surface area contributed by atoms with E-state index in [-0.39, 0.29) is 17.9 Å². The highest BCUT2D eigenvalue weighted by molar-refractivity contribution is 5.88. The monoisotopic (exact) mass is 279 g/mol. The Balaban J connectivity index is 3.11. The fourth-order valence-electron chi connectivity index (χ4n) is 1.86. The molecule has 6 nitrogen and oxygen atoms in total. The fourth-order valence-corrected chi connectivity index (χ4v) is 1.86. The van der Waals surface area contributed by atoms with Crippen molar-refractivity contribution < 1.29 is 14.7 Å². The summed E-state index contributed by atoms with van der Waals surface area (Å²) < 4.78 is 0. The lowest BCUT2D eigenvalue weighted by Gasteiger charge is -2.26. The molecule has 1 rings (SSSR count). The van der Waals surface area contributed by atoms with Gasteiger partial charge in [-0.15, -0.1) is 0 Å². The molecule has 4 N–H and O–H groups in total. The summed E-state index contributed by atoms with van der Waals surface area (Å²) in [6.07, 6.45) is 0.128. The van der Waals surface area contributed by atoms with Gasteiger partial charge in [-0.25, -0.2) is 9.78 Å². The maximum Gasteiger partial charge on any atom is 0.335 e. The minimum absolute atomic E-state index is 0.106. The predicted octanol–water partition coefficient (Wildman–Crippen LogP) is 1.97. The van der Waals surface area contributed by atoms with Crippen molar-refractivity contribution >= 4 is 17.7 Å². The third kappa shape index (κ3) is 4.53. The summed E-state index contributed by atoms with van der Waals surface area (Å²) in [5, 5.41) is 12.2. The number of hydrogen-bond donors (Lipinski definition) is 3. The number of carbonyl (C=O) groups excluding carboxylic acids is 1. The van der Waals surface area contributed by atoms with Gasteiger partial charge in [-0.3, -0.25) is 4.79 Å². The molecule has 0 aliphatic carbocycles. The lowest BCUT2D eigenvalue weighted by atomic mass is 10.00. The minimum atomic E-state index is -1.01. The smallest absolute Gasteiger partial charge is 0.335 e. The predicted molar refractivity (Wildman–Crippen MR) is 76.8 cm³/mol. The van der Waals surface area contributed by atoms with Crippen LogP contribution in [0.25, 0.3) is 0 Å². The van der Waals surface area contributed by atoms with E-state index >= 15 is 0 Å². The molecule has 110 valence electrons. The summed E-state index contributed by atoms with van der Waals surface area (Å²) in [5.74, 6) is -0.903. The van der Waals surface area contributed by atoms with Crippen molar-refractivity contribution in [2.75, 3.05) is 5.32 Å². The lowest BCUT2D eigenvalue weighted by Crippen LogP contribution is -2.36. The Morgan fingerprint density at radius 3 is 2.45 bits per heavy atom. The van der Waals surface area contributed by atoms with Crippen LogP contribution in [0.3, 0.4) is 0 Å². The summed E-state index contributed by atoms with van der Waals surface area (Å²) in [4.78, 5) is 26.5. The number of amides is 1. The number of nitrogens with one attached hydrogen (secondary N) is 1. The highest BCUT2D eigenvalue weighted by atomic mass is 16.4. The fraction of sp³-hybridized carbons (Fsp3) is 0.500. The molecule has 0 saturated heterocycles. The van der Waals surface area contributed by atoms with Crippen LogP contribution in [0.5, 0.6) is 0 Å². The van der Waals surface area contributed by atoms with Gasteiger partial charge in [0, 0.05) is 17.7 Å². The molecule has 0 radical (unpaired) electrons. The number of aromatic nitrogens is 1. The summed E-state index contributed by atoms with van der Waals surface area (Å²) in [6.45, 7) is 7.49. The SMILES string of the molecule is CC(C)c1cc(C(=O)O)cc(NC(C)(C)CC(N)=O)n1. The Kier molecular flexibility index (Phi) is 4.70. The molecule has 0 aliphatic rings. The highest BCUT2D eigenvalue weighted by Gasteiger charge is 2.22. The van der Waals surface area contributed by atoms with Gasteiger partial charge in [0.05, 0.1) is 5.56 Å². The van der Waals surface area contributed by atoms with Gasteiger partial charge in [-0.05, 0) is 31.9 Å². The van der Waals surface area contributed by atoms with E-state index in [1.54, 1.807) is 6.07 Å². The molecule has 1 aromatic rings. The normalized spacial score (nSPS) is 11.4. The van der Waals surface area contributed by atoms with Crippen LogP contribution >= 0.6 is 0 Å². The number of carbonyl (C=O) groups is 2. The molecular weight excluding hydrogens is 258 g/mol. The maximum absolute atomic E-state index is 11.1. The average Bonchev–Trinajstić information content (AvgIpc) is 2.25. The Morgan fingerprint density at radius 1 is 1.40 bits per heavy atom.